The number of carboxylic acid groups (broad SMARTS) is 1. The normalized spacial score (nSPS) is 11.7. The fourth-order valence-electron chi connectivity index (χ4n) is 4.13. The number of hydrogen-bond donors (Lipinski definition) is 2. The molecule has 0 amide bonds. The van der Waals surface area contributed by atoms with Crippen LogP contribution in [0.1, 0.15) is 39.8 Å². The highest BCUT2D eigenvalue weighted by atomic mass is 32.1. The first-order valence-corrected chi connectivity index (χ1v) is 15.8. The SMILES string of the molecule is Cc1cc(N(C)c2nc(C(=O)O)c(CCCOc3ccc(C#CC(C)N(C)C)cc3F)s2)nnc1Nc1nc2ccccc2s1. The first kappa shape index (κ1) is 31.8. The van der Waals surface area contributed by atoms with Gasteiger partial charge in [0.2, 0.25) is 0 Å². The number of aromatic nitrogens is 4. The van der Waals surface area contributed by atoms with E-state index in [0.717, 1.165) is 15.8 Å². The molecule has 13 heteroatoms. The predicted molar refractivity (Wildman–Crippen MR) is 177 cm³/mol. The molecule has 0 radical (unpaired) electrons. The lowest BCUT2D eigenvalue weighted by molar-refractivity contribution is 0.0690. The topological polar surface area (TPSA) is 117 Å². The van der Waals surface area contributed by atoms with E-state index in [1.54, 1.807) is 24.1 Å². The number of halogens is 1. The fourth-order valence-corrected chi connectivity index (χ4v) is 6.06. The van der Waals surface area contributed by atoms with Crippen LogP contribution in [0.25, 0.3) is 10.2 Å². The van der Waals surface area contributed by atoms with Gasteiger partial charge in [-0.05, 0) is 82.7 Å². The van der Waals surface area contributed by atoms with Gasteiger partial charge in [0, 0.05) is 17.5 Å². The number of para-hydroxylation sites is 1. The third kappa shape index (κ3) is 7.72. The summed E-state index contributed by atoms with van der Waals surface area (Å²) >= 11 is 2.79. The molecule has 5 rings (SSSR count). The van der Waals surface area contributed by atoms with Gasteiger partial charge >= 0.3 is 5.97 Å². The largest absolute Gasteiger partial charge is 0.491 e. The van der Waals surface area contributed by atoms with Crippen molar-refractivity contribution in [1.82, 2.24) is 25.1 Å². The second-order valence-electron chi connectivity index (χ2n) is 10.5. The van der Waals surface area contributed by atoms with Crippen LogP contribution >= 0.6 is 22.7 Å². The third-order valence-electron chi connectivity index (χ3n) is 6.95. The maximum absolute atomic E-state index is 14.6. The zero-order valence-electron chi connectivity index (χ0n) is 25.5. The van der Waals surface area contributed by atoms with E-state index >= 15 is 0 Å². The number of carbonyl (C=O) groups is 1. The molecule has 0 spiro atoms. The first-order valence-electron chi connectivity index (χ1n) is 14.1. The highest BCUT2D eigenvalue weighted by Crippen LogP contribution is 2.33. The highest BCUT2D eigenvalue weighted by Gasteiger charge is 2.21. The molecule has 2 N–H and O–H groups in total. The van der Waals surface area contributed by atoms with Gasteiger partial charge in [-0.2, -0.15) is 0 Å². The standard InChI is InChI=1S/C32H32FN7O3S2/c1-19-17-27(37-38-29(19)36-31-34-23-9-6-7-10-25(23)44-31)40(5)32-35-28(30(41)42)26(45-32)11-8-16-43-24-15-14-21(18-22(24)33)13-12-20(2)39(3)4/h6-7,9-10,14-15,17-18,20H,8,11,16H2,1-5H3,(H,41,42)(H,34,36,38). The molecule has 10 nitrogen and oxygen atoms in total. The van der Waals surface area contributed by atoms with Crippen molar-refractivity contribution in [3.63, 3.8) is 0 Å². The Morgan fingerprint density at radius 2 is 1.91 bits per heavy atom. The predicted octanol–water partition coefficient (Wildman–Crippen LogP) is 6.51. The maximum atomic E-state index is 14.6. The molecule has 0 aliphatic heterocycles. The summed E-state index contributed by atoms with van der Waals surface area (Å²) in [4.78, 5) is 25.2. The van der Waals surface area contributed by atoms with Crippen molar-refractivity contribution >= 4 is 60.8 Å². The van der Waals surface area contributed by atoms with E-state index in [2.05, 4.69) is 37.3 Å². The number of rotatable bonds is 11. The number of ether oxygens (including phenoxy) is 1. The number of aryl methyl sites for hydroxylation is 2. The van der Waals surface area contributed by atoms with Crippen LogP contribution in [0.5, 0.6) is 5.75 Å². The molecular weight excluding hydrogens is 614 g/mol. The molecule has 2 aromatic carbocycles. The Balaban J connectivity index is 1.21. The van der Waals surface area contributed by atoms with Gasteiger partial charge in [-0.15, -0.1) is 21.5 Å². The number of carboxylic acids is 1. The van der Waals surface area contributed by atoms with Crippen molar-refractivity contribution in [2.24, 2.45) is 0 Å². The van der Waals surface area contributed by atoms with Gasteiger partial charge in [0.15, 0.2) is 39.2 Å². The van der Waals surface area contributed by atoms with E-state index in [1.807, 2.05) is 63.2 Å². The molecule has 45 heavy (non-hydrogen) atoms. The minimum absolute atomic E-state index is 0.0262. The Morgan fingerprint density at radius 1 is 1.11 bits per heavy atom. The van der Waals surface area contributed by atoms with Crippen molar-refractivity contribution in [3.05, 3.63) is 76.0 Å². The smallest absolute Gasteiger partial charge is 0.355 e. The van der Waals surface area contributed by atoms with Crippen molar-refractivity contribution in [2.75, 3.05) is 38.0 Å². The van der Waals surface area contributed by atoms with Crippen LogP contribution in [-0.4, -0.2) is 69.9 Å². The number of thiazole rings is 2. The van der Waals surface area contributed by atoms with Crippen LogP contribution in [0, 0.1) is 24.6 Å². The lowest BCUT2D eigenvalue weighted by Gasteiger charge is -2.15. The Kier molecular flexibility index (Phi) is 9.87. The van der Waals surface area contributed by atoms with Crippen molar-refractivity contribution in [3.8, 4) is 17.6 Å². The first-order chi connectivity index (χ1) is 21.6. The zero-order chi connectivity index (χ0) is 32.1. The van der Waals surface area contributed by atoms with Gasteiger partial charge in [-0.1, -0.05) is 35.3 Å². The van der Waals surface area contributed by atoms with Crippen molar-refractivity contribution in [2.45, 2.75) is 32.7 Å². The molecule has 0 aliphatic carbocycles. The maximum Gasteiger partial charge on any atom is 0.355 e. The monoisotopic (exact) mass is 645 g/mol. The number of aromatic carboxylic acids is 1. The molecule has 1 unspecified atom stereocenters. The van der Waals surface area contributed by atoms with E-state index in [1.165, 1.54) is 28.7 Å². The van der Waals surface area contributed by atoms with Gasteiger partial charge in [-0.3, -0.25) is 4.90 Å². The van der Waals surface area contributed by atoms with Gasteiger partial charge in [-0.25, -0.2) is 19.2 Å². The Bertz CT molecular complexity index is 1860. The van der Waals surface area contributed by atoms with E-state index in [9.17, 15) is 14.3 Å². The summed E-state index contributed by atoms with van der Waals surface area (Å²) in [7, 11) is 5.63. The lowest BCUT2D eigenvalue weighted by atomic mass is 10.2. The molecule has 0 aliphatic rings. The number of nitrogens with zero attached hydrogens (tertiary/aromatic N) is 6. The molecule has 0 bridgehead atoms. The Labute approximate surface area is 268 Å². The quantitative estimate of drug-likeness (QED) is 0.122. The fraction of sp³-hybridized carbons (Fsp3) is 0.281. The lowest BCUT2D eigenvalue weighted by Crippen LogP contribution is -2.22. The molecule has 0 saturated carbocycles. The summed E-state index contributed by atoms with van der Waals surface area (Å²) in [5.41, 5.74) is 2.29. The van der Waals surface area contributed by atoms with Crippen molar-refractivity contribution in [1.29, 1.82) is 0 Å². The molecule has 1 atom stereocenters. The second-order valence-corrected chi connectivity index (χ2v) is 12.6. The summed E-state index contributed by atoms with van der Waals surface area (Å²) in [6.45, 7) is 4.08. The van der Waals surface area contributed by atoms with Crippen LogP contribution in [0.3, 0.4) is 0 Å². The van der Waals surface area contributed by atoms with Crippen LogP contribution < -0.4 is 15.0 Å². The van der Waals surface area contributed by atoms with Crippen LogP contribution in [0.15, 0.2) is 48.5 Å². The van der Waals surface area contributed by atoms with E-state index in [-0.39, 0.29) is 24.1 Å². The Morgan fingerprint density at radius 3 is 2.62 bits per heavy atom. The number of hydrogen-bond acceptors (Lipinski definition) is 11. The van der Waals surface area contributed by atoms with Crippen LogP contribution in [0.2, 0.25) is 0 Å². The Hall–Kier alpha value is -4.64. The number of nitrogens with one attached hydrogen (secondary N) is 1. The number of benzene rings is 2. The zero-order valence-corrected chi connectivity index (χ0v) is 27.1. The third-order valence-corrected chi connectivity index (χ3v) is 9.09. The van der Waals surface area contributed by atoms with Crippen molar-refractivity contribution < 1.29 is 19.0 Å². The molecule has 5 aromatic rings. The highest BCUT2D eigenvalue weighted by molar-refractivity contribution is 7.22. The van der Waals surface area contributed by atoms with Crippen LogP contribution in [0.4, 0.5) is 26.3 Å². The number of fused-ring (bicyclic) bond motifs is 1. The summed E-state index contributed by atoms with van der Waals surface area (Å²) < 4.78 is 21.3. The molecule has 3 heterocycles. The minimum Gasteiger partial charge on any atom is -0.491 e. The van der Waals surface area contributed by atoms with Gasteiger partial charge in [0.25, 0.3) is 0 Å². The van der Waals surface area contributed by atoms with Gasteiger partial charge in [0.1, 0.15) is 0 Å². The summed E-state index contributed by atoms with van der Waals surface area (Å²) in [6, 6.07) is 14.4. The second kappa shape index (κ2) is 14.0. The summed E-state index contributed by atoms with van der Waals surface area (Å²) in [6.07, 6.45) is 0.870. The summed E-state index contributed by atoms with van der Waals surface area (Å²) in [5, 5.41) is 22.9. The summed E-state index contributed by atoms with van der Waals surface area (Å²) in [5.74, 6) is 5.65. The molecule has 0 fully saturated rings. The minimum atomic E-state index is -1.12. The van der Waals surface area contributed by atoms with Gasteiger partial charge < -0.3 is 20.1 Å². The average Bonchev–Trinajstić information content (AvgIpc) is 3.63. The average molecular weight is 646 g/mol. The van der Waals surface area contributed by atoms with Gasteiger partial charge in [0.05, 0.1) is 22.9 Å². The van der Waals surface area contributed by atoms with Crippen LogP contribution in [-0.2, 0) is 6.42 Å². The van der Waals surface area contributed by atoms with E-state index in [0.29, 0.717) is 45.2 Å². The van der Waals surface area contributed by atoms with E-state index < -0.39 is 11.8 Å². The molecule has 232 valence electrons. The molecule has 3 aromatic heterocycles. The molecule has 0 saturated heterocycles. The number of anilines is 4. The van der Waals surface area contributed by atoms with E-state index in [4.69, 9.17) is 4.74 Å². The molecular formula is C32H32FN7O3S2.